The normalized spacial score (nSPS) is 11.4. The van der Waals surface area contributed by atoms with E-state index >= 15 is 0 Å². The van der Waals surface area contributed by atoms with Crippen LogP contribution in [0.3, 0.4) is 0 Å². The van der Waals surface area contributed by atoms with Crippen LogP contribution in [-0.2, 0) is 15.6 Å². The van der Waals surface area contributed by atoms with E-state index in [9.17, 15) is 12.8 Å². The monoisotopic (exact) mass is 309 g/mol. The molecule has 0 aliphatic carbocycles. The predicted octanol–water partition coefficient (Wildman–Crippen LogP) is 2.70. The van der Waals surface area contributed by atoms with Crippen LogP contribution in [0.15, 0.2) is 41.3 Å². The fourth-order valence-corrected chi connectivity index (χ4v) is 3.49. The van der Waals surface area contributed by atoms with Crippen LogP contribution in [0.25, 0.3) is 0 Å². The van der Waals surface area contributed by atoms with Crippen molar-refractivity contribution in [3.63, 3.8) is 0 Å². The molecule has 0 saturated carbocycles. The lowest BCUT2D eigenvalue weighted by Crippen LogP contribution is -2.09. The molecule has 0 fully saturated rings. The summed E-state index contributed by atoms with van der Waals surface area (Å²) in [5.74, 6) is -0.722. The van der Waals surface area contributed by atoms with E-state index < -0.39 is 15.7 Å². The summed E-state index contributed by atoms with van der Waals surface area (Å²) < 4.78 is 43.7. The Balaban J connectivity index is 2.44. The Morgan fingerprint density at radius 2 is 1.90 bits per heavy atom. The summed E-state index contributed by atoms with van der Waals surface area (Å²) in [5.41, 5.74) is 7.01. The molecule has 0 atom stereocenters. The van der Waals surface area contributed by atoms with E-state index in [0.29, 0.717) is 11.3 Å². The number of hydrogen-bond donors (Lipinski definition) is 1. The van der Waals surface area contributed by atoms with Crippen LogP contribution >= 0.6 is 0 Å². The average molecular weight is 309 g/mol. The third-order valence-electron chi connectivity index (χ3n) is 3.07. The van der Waals surface area contributed by atoms with Gasteiger partial charge in [-0.1, -0.05) is 17.7 Å². The minimum Gasteiger partial charge on any atom is -0.496 e. The maximum absolute atomic E-state index is 13.8. The first-order valence-electron chi connectivity index (χ1n) is 6.25. The first-order chi connectivity index (χ1) is 9.83. The molecular formula is C15H16FNO3S. The lowest BCUT2D eigenvalue weighted by atomic mass is 10.1. The zero-order valence-corrected chi connectivity index (χ0v) is 12.6. The number of anilines is 1. The van der Waals surface area contributed by atoms with Crippen molar-refractivity contribution in [1.82, 2.24) is 0 Å². The van der Waals surface area contributed by atoms with Crippen molar-refractivity contribution in [3.05, 3.63) is 53.3 Å². The van der Waals surface area contributed by atoms with Gasteiger partial charge in [-0.25, -0.2) is 12.8 Å². The van der Waals surface area contributed by atoms with Crippen molar-refractivity contribution in [3.8, 4) is 5.75 Å². The van der Waals surface area contributed by atoms with Crippen LogP contribution in [0.5, 0.6) is 5.75 Å². The Labute approximate surface area is 123 Å². The minimum absolute atomic E-state index is 0.180. The van der Waals surface area contributed by atoms with Gasteiger partial charge in [0.1, 0.15) is 16.5 Å². The Kier molecular flexibility index (Phi) is 4.18. The van der Waals surface area contributed by atoms with Crippen molar-refractivity contribution >= 4 is 15.5 Å². The molecule has 0 bridgehead atoms. The summed E-state index contributed by atoms with van der Waals surface area (Å²) in [5, 5.41) is 0. The van der Waals surface area contributed by atoms with Crippen LogP contribution in [0.2, 0.25) is 0 Å². The van der Waals surface area contributed by atoms with Crippen molar-refractivity contribution in [2.24, 2.45) is 0 Å². The van der Waals surface area contributed by atoms with Gasteiger partial charge < -0.3 is 10.5 Å². The minimum atomic E-state index is -3.82. The van der Waals surface area contributed by atoms with Crippen molar-refractivity contribution in [2.45, 2.75) is 17.6 Å². The molecule has 0 radical (unpaired) electrons. The number of ether oxygens (including phenoxy) is 1. The quantitative estimate of drug-likeness (QED) is 0.882. The van der Waals surface area contributed by atoms with Gasteiger partial charge in [0.05, 0.1) is 12.9 Å². The highest BCUT2D eigenvalue weighted by molar-refractivity contribution is 7.90. The van der Waals surface area contributed by atoms with Crippen LogP contribution in [0, 0.1) is 12.7 Å². The Morgan fingerprint density at radius 3 is 2.52 bits per heavy atom. The predicted molar refractivity (Wildman–Crippen MR) is 79.4 cm³/mol. The van der Waals surface area contributed by atoms with Gasteiger partial charge in [-0.05, 0) is 31.2 Å². The summed E-state index contributed by atoms with van der Waals surface area (Å²) >= 11 is 0. The molecule has 0 spiro atoms. The molecule has 2 rings (SSSR count). The van der Waals surface area contributed by atoms with Gasteiger partial charge in [-0.2, -0.15) is 0 Å². The Morgan fingerprint density at radius 1 is 1.19 bits per heavy atom. The zero-order chi connectivity index (χ0) is 15.6. The molecule has 2 aromatic carbocycles. The van der Waals surface area contributed by atoms with E-state index in [2.05, 4.69) is 0 Å². The van der Waals surface area contributed by atoms with Crippen LogP contribution in [0.1, 0.15) is 11.1 Å². The van der Waals surface area contributed by atoms with E-state index in [-0.39, 0.29) is 16.3 Å². The SMILES string of the molecule is COc1ccc(C)cc1CS(=O)(=O)c1ccc(N)cc1F. The molecule has 0 saturated heterocycles. The van der Waals surface area contributed by atoms with Gasteiger partial charge in [0.25, 0.3) is 0 Å². The molecule has 112 valence electrons. The van der Waals surface area contributed by atoms with Gasteiger partial charge >= 0.3 is 0 Å². The number of nitrogen functional groups attached to an aromatic ring is 1. The first-order valence-corrected chi connectivity index (χ1v) is 7.90. The Hall–Kier alpha value is -2.08. The molecule has 21 heavy (non-hydrogen) atoms. The fraction of sp³-hybridized carbons (Fsp3) is 0.200. The molecule has 6 heteroatoms. The first kappa shape index (κ1) is 15.3. The number of methoxy groups -OCH3 is 1. The highest BCUT2D eigenvalue weighted by Gasteiger charge is 2.21. The second-order valence-electron chi connectivity index (χ2n) is 4.76. The number of aryl methyl sites for hydroxylation is 1. The van der Waals surface area contributed by atoms with Gasteiger partial charge in [0, 0.05) is 11.3 Å². The summed E-state index contributed by atoms with van der Waals surface area (Å²) in [6.45, 7) is 1.85. The van der Waals surface area contributed by atoms with E-state index in [1.807, 2.05) is 13.0 Å². The standard InChI is InChI=1S/C15H16FNO3S/c1-10-3-5-14(20-2)11(7-10)9-21(18,19)15-6-4-12(17)8-13(15)16/h3-8H,9,17H2,1-2H3. The molecule has 0 heterocycles. The second kappa shape index (κ2) is 5.73. The van der Waals surface area contributed by atoms with E-state index in [1.54, 1.807) is 12.1 Å². The average Bonchev–Trinajstić information content (AvgIpc) is 2.37. The van der Waals surface area contributed by atoms with Gasteiger partial charge in [-0.15, -0.1) is 0 Å². The molecule has 2 aromatic rings. The lowest BCUT2D eigenvalue weighted by Gasteiger charge is -2.11. The van der Waals surface area contributed by atoms with Crippen LogP contribution < -0.4 is 10.5 Å². The molecule has 0 amide bonds. The molecule has 0 aliphatic heterocycles. The summed E-state index contributed by atoms with van der Waals surface area (Å²) in [7, 11) is -2.36. The highest BCUT2D eigenvalue weighted by atomic mass is 32.2. The third-order valence-corrected chi connectivity index (χ3v) is 4.76. The van der Waals surface area contributed by atoms with Gasteiger partial charge in [0.15, 0.2) is 9.84 Å². The number of rotatable bonds is 4. The number of halogens is 1. The number of benzene rings is 2. The number of sulfone groups is 1. The molecule has 0 unspecified atom stereocenters. The molecule has 0 aliphatic rings. The summed E-state index contributed by atoms with van der Waals surface area (Å²) in [4.78, 5) is -0.361. The number of nitrogens with two attached hydrogens (primary N) is 1. The van der Waals surface area contributed by atoms with E-state index in [1.165, 1.54) is 19.2 Å². The largest absolute Gasteiger partial charge is 0.496 e. The van der Waals surface area contributed by atoms with Gasteiger partial charge in [0.2, 0.25) is 0 Å². The molecule has 0 aromatic heterocycles. The van der Waals surface area contributed by atoms with Crippen LogP contribution in [0.4, 0.5) is 10.1 Å². The summed E-state index contributed by atoms with van der Waals surface area (Å²) in [6, 6.07) is 8.77. The van der Waals surface area contributed by atoms with E-state index in [0.717, 1.165) is 11.6 Å². The molecular weight excluding hydrogens is 293 g/mol. The Bertz CT molecular complexity index is 772. The number of hydrogen-bond acceptors (Lipinski definition) is 4. The lowest BCUT2D eigenvalue weighted by molar-refractivity contribution is 0.411. The van der Waals surface area contributed by atoms with E-state index in [4.69, 9.17) is 10.5 Å². The second-order valence-corrected chi connectivity index (χ2v) is 6.72. The topological polar surface area (TPSA) is 69.4 Å². The zero-order valence-electron chi connectivity index (χ0n) is 11.8. The maximum atomic E-state index is 13.8. The van der Waals surface area contributed by atoms with Crippen LogP contribution in [-0.4, -0.2) is 15.5 Å². The fourth-order valence-electron chi connectivity index (χ4n) is 2.07. The van der Waals surface area contributed by atoms with Gasteiger partial charge in [-0.3, -0.25) is 0 Å². The highest BCUT2D eigenvalue weighted by Crippen LogP contribution is 2.26. The summed E-state index contributed by atoms with van der Waals surface area (Å²) in [6.07, 6.45) is 0. The van der Waals surface area contributed by atoms with Crippen molar-refractivity contribution in [1.29, 1.82) is 0 Å². The van der Waals surface area contributed by atoms with Crippen molar-refractivity contribution in [2.75, 3.05) is 12.8 Å². The third kappa shape index (κ3) is 3.33. The van der Waals surface area contributed by atoms with Crippen molar-refractivity contribution < 1.29 is 17.5 Å². The smallest absolute Gasteiger partial charge is 0.185 e. The maximum Gasteiger partial charge on any atom is 0.185 e. The molecule has 4 nitrogen and oxygen atoms in total. The molecule has 2 N–H and O–H groups in total.